The molecule has 0 bridgehead atoms. The number of carbonyl (C=O) groups is 2. The smallest absolute Gasteiger partial charge is 0.339 e. The fourth-order valence-corrected chi connectivity index (χ4v) is 4.39. The summed E-state index contributed by atoms with van der Waals surface area (Å²) in [6.45, 7) is 3.61. The van der Waals surface area contributed by atoms with Crippen molar-refractivity contribution in [1.82, 2.24) is 4.98 Å². The van der Waals surface area contributed by atoms with Crippen LogP contribution >= 0.6 is 11.8 Å². The summed E-state index contributed by atoms with van der Waals surface area (Å²) in [7, 11) is 0. The summed E-state index contributed by atoms with van der Waals surface area (Å²) in [5.41, 5.74) is 0.792. The maximum Gasteiger partial charge on any atom is 0.339 e. The van der Waals surface area contributed by atoms with Gasteiger partial charge in [-0.25, -0.2) is 9.78 Å². The normalized spacial score (nSPS) is 16.0. The number of aromatic nitrogens is 1. The molecule has 0 radical (unpaired) electrons. The Balaban J connectivity index is 2.37. The molecule has 1 N–H and O–H groups in total. The molecule has 1 saturated carbocycles. The van der Waals surface area contributed by atoms with Crippen molar-refractivity contribution in [3.8, 4) is 6.07 Å². The van der Waals surface area contributed by atoms with Crippen LogP contribution in [-0.2, 0) is 9.53 Å². The summed E-state index contributed by atoms with van der Waals surface area (Å²) < 4.78 is 5.01. The lowest BCUT2D eigenvalue weighted by atomic mass is 9.87. The van der Waals surface area contributed by atoms with Crippen LogP contribution in [0.25, 0.3) is 0 Å². The first kappa shape index (κ1) is 19.3. The molecular weight excluding hydrogens is 340 g/mol. The monoisotopic (exact) mass is 362 g/mol. The SMILES string of the molecule is CCOC(=O)c1cc(C)nc(SC(C(=O)O)C2CCCCC2)c1C#N. The predicted octanol–water partition coefficient (Wildman–Crippen LogP) is 3.56. The Morgan fingerprint density at radius 1 is 1.44 bits per heavy atom. The highest BCUT2D eigenvalue weighted by atomic mass is 32.2. The van der Waals surface area contributed by atoms with E-state index in [0.717, 1.165) is 43.9 Å². The molecule has 1 aromatic rings. The van der Waals surface area contributed by atoms with Crippen LogP contribution in [0.5, 0.6) is 0 Å². The third-order valence-electron chi connectivity index (χ3n) is 4.28. The number of nitriles is 1. The van der Waals surface area contributed by atoms with Crippen molar-refractivity contribution in [3.63, 3.8) is 0 Å². The first-order valence-electron chi connectivity index (χ1n) is 8.46. The molecular formula is C18H22N2O4S. The largest absolute Gasteiger partial charge is 0.480 e. The third kappa shape index (κ3) is 4.73. The van der Waals surface area contributed by atoms with Gasteiger partial charge in [-0.15, -0.1) is 0 Å². The van der Waals surface area contributed by atoms with Crippen LogP contribution < -0.4 is 0 Å². The number of carboxylic acids is 1. The van der Waals surface area contributed by atoms with Crippen molar-refractivity contribution < 1.29 is 19.4 Å². The first-order chi connectivity index (χ1) is 12.0. The van der Waals surface area contributed by atoms with Crippen molar-refractivity contribution in [2.24, 2.45) is 5.92 Å². The lowest BCUT2D eigenvalue weighted by Crippen LogP contribution is -2.28. The van der Waals surface area contributed by atoms with E-state index >= 15 is 0 Å². The molecule has 1 aliphatic carbocycles. The number of carboxylic acid groups (broad SMARTS) is 1. The minimum absolute atomic E-state index is 0.0520. The van der Waals surface area contributed by atoms with Crippen LogP contribution in [0.3, 0.4) is 0 Å². The van der Waals surface area contributed by atoms with Crippen molar-refractivity contribution in [2.75, 3.05) is 6.61 Å². The molecule has 0 amide bonds. The minimum atomic E-state index is -0.901. The fraction of sp³-hybridized carbons (Fsp3) is 0.556. The second-order valence-electron chi connectivity index (χ2n) is 6.10. The van der Waals surface area contributed by atoms with Crippen LogP contribution in [0.1, 0.15) is 60.6 Å². The zero-order chi connectivity index (χ0) is 18.4. The van der Waals surface area contributed by atoms with Gasteiger partial charge in [0.15, 0.2) is 0 Å². The zero-order valence-corrected chi connectivity index (χ0v) is 15.3. The summed E-state index contributed by atoms with van der Waals surface area (Å²) in [4.78, 5) is 28.2. The average Bonchev–Trinajstić information content (AvgIpc) is 2.59. The van der Waals surface area contributed by atoms with Gasteiger partial charge in [-0.3, -0.25) is 4.79 Å². The standard InChI is InChI=1S/C18H22N2O4S/c1-3-24-18(23)13-9-11(2)20-16(14(13)10-19)25-15(17(21)22)12-7-5-4-6-8-12/h9,12,15H,3-8H2,1-2H3,(H,21,22). The third-order valence-corrected chi connectivity index (χ3v) is 5.64. The Labute approximate surface area is 151 Å². The van der Waals surface area contributed by atoms with Crippen LogP contribution in [0, 0.1) is 24.2 Å². The number of ether oxygens (including phenoxy) is 1. The minimum Gasteiger partial charge on any atom is -0.480 e. The molecule has 1 fully saturated rings. The Morgan fingerprint density at radius 3 is 2.68 bits per heavy atom. The van der Waals surface area contributed by atoms with Crippen LogP contribution in [0.15, 0.2) is 11.1 Å². The number of nitrogens with zero attached hydrogens (tertiary/aromatic N) is 2. The van der Waals surface area contributed by atoms with E-state index in [1.165, 1.54) is 6.07 Å². The van der Waals surface area contributed by atoms with Gasteiger partial charge in [-0.2, -0.15) is 5.26 Å². The highest BCUT2D eigenvalue weighted by molar-refractivity contribution is 8.00. The van der Waals surface area contributed by atoms with Gasteiger partial charge in [0.1, 0.15) is 16.3 Å². The number of hydrogen-bond acceptors (Lipinski definition) is 6. The molecule has 1 aliphatic rings. The number of carbonyl (C=O) groups excluding carboxylic acids is 1. The molecule has 0 saturated heterocycles. The van der Waals surface area contributed by atoms with E-state index in [2.05, 4.69) is 4.98 Å². The number of esters is 1. The van der Waals surface area contributed by atoms with Gasteiger partial charge in [0.05, 0.1) is 17.7 Å². The summed E-state index contributed by atoms with van der Waals surface area (Å²) in [5, 5.41) is 18.8. The molecule has 1 atom stereocenters. The van der Waals surface area contributed by atoms with E-state index in [1.807, 2.05) is 6.07 Å². The summed E-state index contributed by atoms with van der Waals surface area (Å²) in [5.74, 6) is -1.44. The molecule has 6 nitrogen and oxygen atoms in total. The summed E-state index contributed by atoms with van der Waals surface area (Å²) in [6, 6.07) is 3.51. The molecule has 1 aromatic heterocycles. The number of pyridine rings is 1. The second kappa shape index (κ2) is 8.86. The zero-order valence-electron chi connectivity index (χ0n) is 14.4. The predicted molar refractivity (Wildman–Crippen MR) is 93.5 cm³/mol. The van der Waals surface area contributed by atoms with Crippen LogP contribution in [0.2, 0.25) is 0 Å². The lowest BCUT2D eigenvalue weighted by Gasteiger charge is -2.27. The van der Waals surface area contributed by atoms with E-state index < -0.39 is 17.2 Å². The highest BCUT2D eigenvalue weighted by Gasteiger charge is 2.32. The van der Waals surface area contributed by atoms with Gasteiger partial charge < -0.3 is 9.84 Å². The molecule has 134 valence electrons. The van der Waals surface area contributed by atoms with E-state index in [0.29, 0.717) is 10.7 Å². The Morgan fingerprint density at radius 2 is 2.12 bits per heavy atom. The van der Waals surface area contributed by atoms with Gasteiger partial charge in [0, 0.05) is 5.69 Å². The molecule has 25 heavy (non-hydrogen) atoms. The number of rotatable bonds is 6. The van der Waals surface area contributed by atoms with E-state index in [1.54, 1.807) is 13.8 Å². The molecule has 1 heterocycles. The topological polar surface area (TPSA) is 100 Å². The van der Waals surface area contributed by atoms with Crippen molar-refractivity contribution in [3.05, 3.63) is 22.9 Å². The molecule has 0 spiro atoms. The summed E-state index contributed by atoms with van der Waals surface area (Å²) in [6.07, 6.45) is 4.91. The molecule has 0 aromatic carbocycles. The van der Waals surface area contributed by atoms with Crippen molar-refractivity contribution in [2.45, 2.75) is 56.2 Å². The maximum atomic E-state index is 12.1. The number of aliphatic carboxylic acids is 1. The Hall–Kier alpha value is -2.07. The maximum absolute atomic E-state index is 12.1. The number of aryl methyl sites for hydroxylation is 1. The average molecular weight is 362 g/mol. The summed E-state index contributed by atoms with van der Waals surface area (Å²) >= 11 is 1.08. The highest BCUT2D eigenvalue weighted by Crippen LogP contribution is 2.37. The van der Waals surface area contributed by atoms with E-state index in [4.69, 9.17) is 4.74 Å². The molecule has 7 heteroatoms. The fourth-order valence-electron chi connectivity index (χ4n) is 3.11. The van der Waals surface area contributed by atoms with Gasteiger partial charge >= 0.3 is 11.9 Å². The molecule has 1 unspecified atom stereocenters. The van der Waals surface area contributed by atoms with E-state index in [9.17, 15) is 20.0 Å². The molecule has 2 rings (SSSR count). The first-order valence-corrected chi connectivity index (χ1v) is 9.34. The number of hydrogen-bond donors (Lipinski definition) is 1. The van der Waals surface area contributed by atoms with Crippen LogP contribution in [-0.4, -0.2) is 33.9 Å². The van der Waals surface area contributed by atoms with Gasteiger partial charge in [0.25, 0.3) is 0 Å². The van der Waals surface area contributed by atoms with Crippen molar-refractivity contribution in [1.29, 1.82) is 5.26 Å². The Bertz CT molecular complexity index is 693. The van der Waals surface area contributed by atoms with E-state index in [-0.39, 0.29) is 23.7 Å². The van der Waals surface area contributed by atoms with Crippen molar-refractivity contribution >= 4 is 23.7 Å². The lowest BCUT2D eigenvalue weighted by molar-refractivity contribution is -0.137. The second-order valence-corrected chi connectivity index (χ2v) is 7.23. The Kier molecular flexibility index (Phi) is 6.82. The van der Waals surface area contributed by atoms with Gasteiger partial charge in [0.2, 0.25) is 0 Å². The molecule has 0 aliphatic heterocycles. The van der Waals surface area contributed by atoms with Gasteiger partial charge in [-0.05, 0) is 38.7 Å². The van der Waals surface area contributed by atoms with Gasteiger partial charge in [-0.1, -0.05) is 31.0 Å². The number of thioether (sulfide) groups is 1. The van der Waals surface area contributed by atoms with Crippen LogP contribution in [0.4, 0.5) is 0 Å². The quantitative estimate of drug-likeness (QED) is 0.610.